The highest BCUT2D eigenvalue weighted by Crippen LogP contribution is 2.36. The number of unbranched alkanes of at least 4 members (excludes halogenated alkanes) is 21. The first-order valence-electron chi connectivity index (χ1n) is 19.5. The second kappa shape index (κ2) is 25.2. The van der Waals surface area contributed by atoms with E-state index in [2.05, 4.69) is 48.5 Å². The van der Waals surface area contributed by atoms with Crippen molar-refractivity contribution in [3.8, 4) is 0 Å². The van der Waals surface area contributed by atoms with Crippen molar-refractivity contribution in [1.82, 2.24) is 0 Å². The van der Waals surface area contributed by atoms with Crippen LogP contribution in [0.4, 0.5) is 0 Å². The van der Waals surface area contributed by atoms with Gasteiger partial charge in [0.05, 0.1) is 5.30 Å². The molecule has 256 valence electrons. The molecule has 0 bridgehead atoms. The third-order valence-corrected chi connectivity index (χ3v) is 10.7. The molecule has 0 heterocycles. The van der Waals surface area contributed by atoms with Crippen LogP contribution in [0.2, 0.25) is 0 Å². The Morgan fingerprint density at radius 1 is 0.432 bits per heavy atom. The Hall–Kier alpha value is -0.880. The minimum atomic E-state index is -2.63. The van der Waals surface area contributed by atoms with Gasteiger partial charge in [-0.3, -0.25) is 0 Å². The van der Waals surface area contributed by atoms with Gasteiger partial charge in [0, 0.05) is 0 Å². The molecule has 0 aromatic heterocycles. The van der Waals surface area contributed by atoms with Crippen LogP contribution in [0.25, 0.3) is 0 Å². The summed E-state index contributed by atoms with van der Waals surface area (Å²) in [6.07, 6.45) is 34.6. The highest BCUT2D eigenvalue weighted by Gasteiger charge is 2.30. The van der Waals surface area contributed by atoms with E-state index < -0.39 is 7.68 Å². The maximum absolute atomic E-state index is 13.0. The van der Waals surface area contributed by atoms with E-state index in [0.29, 0.717) is 5.30 Å². The molecule has 1 aromatic rings. The highest BCUT2D eigenvalue weighted by atomic mass is 31.1. The predicted octanol–water partition coefficient (Wildman–Crippen LogP) is 14.1. The third-order valence-electron chi connectivity index (χ3n) is 9.87. The summed E-state index contributed by atoms with van der Waals surface area (Å²) in [5.74, 6) is 0. The lowest BCUT2D eigenvalue weighted by atomic mass is 9.76. The molecule has 0 N–H and O–H groups in total. The van der Waals surface area contributed by atoms with E-state index in [1.807, 2.05) is 0 Å². The minimum Gasteiger partial charge on any atom is -0.232 e. The fourth-order valence-electron chi connectivity index (χ4n) is 7.25. The minimum absolute atomic E-state index is 0.182. The van der Waals surface area contributed by atoms with Crippen LogP contribution in [0.1, 0.15) is 223 Å². The van der Waals surface area contributed by atoms with Gasteiger partial charge in [-0.1, -0.05) is 176 Å². The van der Waals surface area contributed by atoms with Gasteiger partial charge >= 0.3 is 7.68 Å². The van der Waals surface area contributed by atoms with Crippen molar-refractivity contribution in [3.63, 3.8) is 0 Å². The van der Waals surface area contributed by atoms with Crippen LogP contribution < -0.4 is 5.30 Å². The molecule has 0 saturated heterocycles. The zero-order valence-electron chi connectivity index (χ0n) is 30.9. The molecule has 1 aromatic carbocycles. The lowest BCUT2D eigenvalue weighted by Crippen LogP contribution is -2.28. The molecular formula is C41H75O2P. The Bertz CT molecular complexity index is 929. The predicted molar refractivity (Wildman–Crippen MR) is 197 cm³/mol. The first-order chi connectivity index (χ1) is 21.2. The van der Waals surface area contributed by atoms with Crippen LogP contribution in [-0.4, -0.2) is 0 Å². The van der Waals surface area contributed by atoms with Gasteiger partial charge in [-0.05, 0) is 78.7 Å². The molecule has 0 aliphatic carbocycles. The number of benzene rings is 1. The largest absolute Gasteiger partial charge is 0.349 e. The highest BCUT2D eigenvalue weighted by molar-refractivity contribution is 7.41. The van der Waals surface area contributed by atoms with Crippen molar-refractivity contribution in [3.05, 3.63) is 27.8 Å². The molecule has 0 amide bonds. The van der Waals surface area contributed by atoms with Crippen molar-refractivity contribution < 1.29 is 9.13 Å². The molecule has 0 radical (unpaired) electrons. The molecule has 2 nitrogen and oxygen atoms in total. The lowest BCUT2D eigenvalue weighted by Gasteiger charge is -2.30. The van der Waals surface area contributed by atoms with E-state index in [9.17, 15) is 9.13 Å². The van der Waals surface area contributed by atoms with Gasteiger partial charge in [0.2, 0.25) is 0 Å². The first-order valence-corrected chi connectivity index (χ1v) is 20.7. The van der Waals surface area contributed by atoms with E-state index >= 15 is 0 Å². The third kappa shape index (κ3) is 16.6. The van der Waals surface area contributed by atoms with Gasteiger partial charge in [0.25, 0.3) is 0 Å². The summed E-state index contributed by atoms with van der Waals surface area (Å²) in [5, 5.41) is 0.690. The lowest BCUT2D eigenvalue weighted by molar-refractivity contribution is 0.519. The van der Waals surface area contributed by atoms with Gasteiger partial charge in [0.1, 0.15) is 0 Å². The fraction of sp³-hybridized carbons (Fsp3) is 0.854. The molecule has 0 aliphatic heterocycles. The van der Waals surface area contributed by atoms with Gasteiger partial charge in [-0.25, -0.2) is 9.13 Å². The van der Waals surface area contributed by atoms with Crippen LogP contribution in [0.15, 0.2) is 0 Å². The van der Waals surface area contributed by atoms with Crippen molar-refractivity contribution >= 4 is 13.0 Å². The molecule has 0 aliphatic rings. The van der Waals surface area contributed by atoms with Crippen LogP contribution >= 0.6 is 7.68 Å². The monoisotopic (exact) mass is 631 g/mol. The van der Waals surface area contributed by atoms with Crippen LogP contribution in [0.3, 0.4) is 0 Å². The Balaban J connectivity index is 2.91. The van der Waals surface area contributed by atoms with E-state index in [1.165, 1.54) is 164 Å². The fourth-order valence-corrected chi connectivity index (χ4v) is 8.40. The number of rotatable bonds is 28. The van der Waals surface area contributed by atoms with Crippen molar-refractivity contribution in [1.29, 1.82) is 0 Å². The molecule has 0 saturated carbocycles. The summed E-state index contributed by atoms with van der Waals surface area (Å²) < 4.78 is 26.0. The quantitative estimate of drug-likeness (QED) is 0.0682. The van der Waals surface area contributed by atoms with Gasteiger partial charge in [-0.15, -0.1) is 0 Å². The molecule has 0 atom stereocenters. The summed E-state index contributed by atoms with van der Waals surface area (Å²) >= 11 is 0. The molecule has 0 spiro atoms. The van der Waals surface area contributed by atoms with E-state index in [-0.39, 0.29) is 5.41 Å². The summed E-state index contributed by atoms with van der Waals surface area (Å²) in [5.41, 5.74) is 6.29. The van der Waals surface area contributed by atoms with E-state index in [1.54, 1.807) is 0 Å². The molecule has 0 unspecified atom stereocenters. The first kappa shape index (κ1) is 41.1. The normalized spacial score (nSPS) is 11.9. The smallest absolute Gasteiger partial charge is 0.232 e. The molecular weight excluding hydrogens is 555 g/mol. The van der Waals surface area contributed by atoms with Crippen molar-refractivity contribution in [2.75, 3.05) is 0 Å². The zero-order chi connectivity index (χ0) is 32.6. The molecule has 3 heteroatoms. The van der Waals surface area contributed by atoms with Crippen LogP contribution in [-0.2, 0) is 33.8 Å². The van der Waals surface area contributed by atoms with Crippen molar-refractivity contribution in [2.45, 2.75) is 227 Å². The zero-order valence-corrected chi connectivity index (χ0v) is 31.8. The van der Waals surface area contributed by atoms with Crippen LogP contribution in [0, 0.1) is 6.92 Å². The average molecular weight is 631 g/mol. The van der Waals surface area contributed by atoms with Crippen molar-refractivity contribution in [2.24, 2.45) is 0 Å². The summed E-state index contributed by atoms with van der Waals surface area (Å²) in [4.78, 5) is 0. The van der Waals surface area contributed by atoms with Gasteiger partial charge in [0.15, 0.2) is 0 Å². The maximum atomic E-state index is 13.0. The van der Waals surface area contributed by atoms with Crippen LogP contribution in [0.5, 0.6) is 0 Å². The van der Waals surface area contributed by atoms with E-state index in [4.69, 9.17) is 0 Å². The number of hydrogen-bond acceptors (Lipinski definition) is 2. The Labute approximate surface area is 276 Å². The topological polar surface area (TPSA) is 34.1 Å². The summed E-state index contributed by atoms with van der Waals surface area (Å²) in [6.45, 7) is 15.8. The van der Waals surface area contributed by atoms with Gasteiger partial charge in [-0.2, -0.15) is 0 Å². The molecule has 1 rings (SSSR count). The second-order valence-electron chi connectivity index (χ2n) is 15.0. The summed E-state index contributed by atoms with van der Waals surface area (Å²) in [7, 11) is -2.63. The Morgan fingerprint density at radius 2 is 0.750 bits per heavy atom. The van der Waals surface area contributed by atoms with Gasteiger partial charge < -0.3 is 0 Å². The summed E-state index contributed by atoms with van der Waals surface area (Å²) in [6, 6.07) is 0. The average Bonchev–Trinajstić information content (AvgIpc) is 2.98. The molecule has 44 heavy (non-hydrogen) atoms. The maximum Gasteiger partial charge on any atom is 0.349 e. The Kier molecular flexibility index (Phi) is 23.6. The van der Waals surface area contributed by atoms with E-state index in [0.717, 1.165) is 36.8 Å². The number of hydrogen-bond donors (Lipinski definition) is 0. The second-order valence-corrected chi connectivity index (χ2v) is 15.9. The SMILES string of the molecule is CCCCCCCCCCCCCc1c(C)c(CCCC)c(CCCCCCCCCCCCC)c(C(C)(C)C)c1P(=O)=O. The standard InChI is InChI=1S/C41H75O2P/c1-8-11-14-16-18-20-22-24-26-28-30-33-37-35(4)36(32-13-10-3)38(39(41(5,6)7)40(37)44(42)43)34-31-29-27-25-23-21-19-17-15-12-9-2/h8-34H2,1-7H3. The Morgan fingerprint density at radius 3 is 1.09 bits per heavy atom. The molecule has 0 fully saturated rings.